The predicted molar refractivity (Wildman–Crippen MR) is 88.4 cm³/mol. The molecule has 0 radical (unpaired) electrons. The first-order chi connectivity index (χ1) is 10.7. The summed E-state index contributed by atoms with van der Waals surface area (Å²) < 4.78 is 0. The molecule has 0 saturated carbocycles. The first-order valence-electron chi connectivity index (χ1n) is 7.48. The summed E-state index contributed by atoms with van der Waals surface area (Å²) in [5.41, 5.74) is 0.870. The molecule has 0 spiro atoms. The second-order valence-corrected chi connectivity index (χ2v) is 7.31. The highest BCUT2D eigenvalue weighted by molar-refractivity contribution is 7.17. The third-order valence-corrected chi connectivity index (χ3v) is 5.81. The number of amides is 1. The van der Waals surface area contributed by atoms with Gasteiger partial charge in [-0.25, -0.2) is 4.98 Å². The standard InChI is InChI=1S/C16H16ClN3OS/c17-11-4-2-1-3-10(11)16-18-8-14(22-16)15(21)20-13-7-9-5-6-12(13)19-9/h1-4,8-9,12-13,19H,5-7H2,(H,20,21). The molecule has 2 aliphatic heterocycles. The van der Waals surface area contributed by atoms with Crippen LogP contribution in [-0.4, -0.2) is 29.0 Å². The number of fused-ring (bicyclic) bond motifs is 2. The Balaban J connectivity index is 1.49. The van der Waals surface area contributed by atoms with Crippen molar-refractivity contribution in [1.29, 1.82) is 0 Å². The molecule has 2 bridgehead atoms. The van der Waals surface area contributed by atoms with Crippen LogP contribution in [0.2, 0.25) is 5.02 Å². The number of nitrogens with one attached hydrogen (secondary N) is 2. The molecular formula is C16H16ClN3OS. The molecule has 1 aromatic carbocycles. The van der Waals surface area contributed by atoms with Crippen LogP contribution in [0, 0.1) is 0 Å². The summed E-state index contributed by atoms with van der Waals surface area (Å²) in [5.74, 6) is -0.0323. The van der Waals surface area contributed by atoms with Crippen LogP contribution < -0.4 is 10.6 Å². The Hall–Kier alpha value is -1.43. The number of hydrogen-bond donors (Lipinski definition) is 2. The fraction of sp³-hybridized carbons (Fsp3) is 0.375. The number of carbonyl (C=O) groups excluding carboxylic acids is 1. The Morgan fingerprint density at radius 3 is 2.95 bits per heavy atom. The van der Waals surface area contributed by atoms with Gasteiger partial charge >= 0.3 is 0 Å². The molecule has 3 unspecified atom stereocenters. The molecule has 2 aliphatic rings. The van der Waals surface area contributed by atoms with E-state index in [0.717, 1.165) is 23.4 Å². The van der Waals surface area contributed by atoms with E-state index in [1.165, 1.54) is 17.8 Å². The van der Waals surface area contributed by atoms with Crippen LogP contribution in [0.3, 0.4) is 0 Å². The van der Waals surface area contributed by atoms with E-state index in [-0.39, 0.29) is 11.9 Å². The summed E-state index contributed by atoms with van der Waals surface area (Å²) in [6.07, 6.45) is 5.06. The summed E-state index contributed by atoms with van der Waals surface area (Å²) in [6.45, 7) is 0. The summed E-state index contributed by atoms with van der Waals surface area (Å²) in [6, 6.07) is 8.82. The number of nitrogens with zero attached hydrogens (tertiary/aromatic N) is 1. The Bertz CT molecular complexity index is 717. The van der Waals surface area contributed by atoms with E-state index in [1.807, 2.05) is 24.3 Å². The molecule has 114 valence electrons. The lowest BCUT2D eigenvalue weighted by Crippen LogP contribution is -2.42. The Kier molecular flexibility index (Phi) is 3.64. The lowest BCUT2D eigenvalue weighted by molar-refractivity contribution is 0.0935. The van der Waals surface area contributed by atoms with Crippen LogP contribution >= 0.6 is 22.9 Å². The van der Waals surface area contributed by atoms with Crippen molar-refractivity contribution in [3.05, 3.63) is 40.4 Å². The molecule has 2 N–H and O–H groups in total. The van der Waals surface area contributed by atoms with Crippen molar-refractivity contribution in [2.75, 3.05) is 0 Å². The number of aromatic nitrogens is 1. The zero-order chi connectivity index (χ0) is 15.1. The van der Waals surface area contributed by atoms with E-state index in [2.05, 4.69) is 15.6 Å². The van der Waals surface area contributed by atoms with Crippen LogP contribution in [0.25, 0.3) is 10.6 Å². The second-order valence-electron chi connectivity index (χ2n) is 5.87. The topological polar surface area (TPSA) is 54.0 Å². The van der Waals surface area contributed by atoms with Gasteiger partial charge in [-0.1, -0.05) is 29.8 Å². The maximum absolute atomic E-state index is 12.4. The van der Waals surface area contributed by atoms with Gasteiger partial charge in [-0.05, 0) is 25.3 Å². The van der Waals surface area contributed by atoms with Crippen molar-refractivity contribution in [1.82, 2.24) is 15.6 Å². The minimum atomic E-state index is -0.0323. The van der Waals surface area contributed by atoms with Gasteiger partial charge in [-0.15, -0.1) is 11.3 Å². The average Bonchev–Trinajstić information content (AvgIpc) is 3.24. The number of hydrogen-bond acceptors (Lipinski definition) is 4. The molecule has 4 nitrogen and oxygen atoms in total. The highest BCUT2D eigenvalue weighted by atomic mass is 35.5. The molecule has 3 heterocycles. The first-order valence-corrected chi connectivity index (χ1v) is 8.68. The molecule has 2 fully saturated rings. The van der Waals surface area contributed by atoms with Crippen LogP contribution in [-0.2, 0) is 0 Å². The van der Waals surface area contributed by atoms with Gasteiger partial charge in [0.25, 0.3) is 5.91 Å². The Labute approximate surface area is 137 Å². The van der Waals surface area contributed by atoms with Gasteiger partial charge in [0, 0.05) is 23.7 Å². The minimum Gasteiger partial charge on any atom is -0.347 e. The molecule has 0 aliphatic carbocycles. The lowest BCUT2D eigenvalue weighted by atomic mass is 9.95. The smallest absolute Gasteiger partial charge is 0.263 e. The van der Waals surface area contributed by atoms with Crippen molar-refractivity contribution in [3.63, 3.8) is 0 Å². The van der Waals surface area contributed by atoms with Gasteiger partial charge < -0.3 is 10.6 Å². The maximum atomic E-state index is 12.4. The van der Waals surface area contributed by atoms with Crippen molar-refractivity contribution in [3.8, 4) is 10.6 Å². The van der Waals surface area contributed by atoms with Crippen LogP contribution in [0.15, 0.2) is 30.5 Å². The maximum Gasteiger partial charge on any atom is 0.263 e. The van der Waals surface area contributed by atoms with E-state index >= 15 is 0 Å². The molecule has 2 aromatic rings. The fourth-order valence-electron chi connectivity index (χ4n) is 3.36. The Morgan fingerprint density at radius 1 is 1.36 bits per heavy atom. The van der Waals surface area contributed by atoms with Crippen LogP contribution in [0.1, 0.15) is 28.9 Å². The predicted octanol–water partition coefficient (Wildman–Crippen LogP) is 3.09. The largest absolute Gasteiger partial charge is 0.347 e. The molecule has 2 saturated heterocycles. The number of carbonyl (C=O) groups is 1. The molecular weight excluding hydrogens is 318 g/mol. The van der Waals surface area contributed by atoms with E-state index in [0.29, 0.717) is 22.0 Å². The molecule has 1 amide bonds. The van der Waals surface area contributed by atoms with Gasteiger partial charge in [0.1, 0.15) is 9.88 Å². The number of thiazole rings is 1. The van der Waals surface area contributed by atoms with Crippen LogP contribution in [0.4, 0.5) is 0 Å². The van der Waals surface area contributed by atoms with Gasteiger partial charge in [0.15, 0.2) is 0 Å². The highest BCUT2D eigenvalue weighted by Gasteiger charge is 2.39. The summed E-state index contributed by atoms with van der Waals surface area (Å²) in [5, 5.41) is 8.10. The van der Waals surface area contributed by atoms with Crippen molar-refractivity contribution in [2.45, 2.75) is 37.4 Å². The zero-order valence-electron chi connectivity index (χ0n) is 11.9. The molecule has 1 aromatic heterocycles. The van der Waals surface area contributed by atoms with Crippen molar-refractivity contribution < 1.29 is 4.79 Å². The van der Waals surface area contributed by atoms with Crippen molar-refractivity contribution >= 4 is 28.8 Å². The quantitative estimate of drug-likeness (QED) is 0.907. The lowest BCUT2D eigenvalue weighted by Gasteiger charge is -2.20. The molecule has 4 rings (SSSR count). The van der Waals surface area contributed by atoms with Gasteiger partial charge in [-0.2, -0.15) is 0 Å². The number of rotatable bonds is 3. The van der Waals surface area contributed by atoms with E-state index in [9.17, 15) is 4.79 Å². The third-order valence-electron chi connectivity index (χ3n) is 4.45. The second kappa shape index (κ2) is 5.65. The summed E-state index contributed by atoms with van der Waals surface area (Å²) in [4.78, 5) is 17.4. The zero-order valence-corrected chi connectivity index (χ0v) is 13.5. The van der Waals surface area contributed by atoms with Crippen molar-refractivity contribution in [2.24, 2.45) is 0 Å². The molecule has 3 atom stereocenters. The average molecular weight is 334 g/mol. The normalized spacial score (nSPS) is 26.3. The summed E-state index contributed by atoms with van der Waals surface area (Å²) >= 11 is 7.57. The van der Waals surface area contributed by atoms with Gasteiger partial charge in [0.2, 0.25) is 0 Å². The number of halogens is 1. The number of benzene rings is 1. The monoisotopic (exact) mass is 333 g/mol. The van der Waals surface area contributed by atoms with Crippen LogP contribution in [0.5, 0.6) is 0 Å². The summed E-state index contributed by atoms with van der Waals surface area (Å²) in [7, 11) is 0. The van der Waals surface area contributed by atoms with E-state index < -0.39 is 0 Å². The van der Waals surface area contributed by atoms with E-state index in [1.54, 1.807) is 6.20 Å². The molecule has 22 heavy (non-hydrogen) atoms. The minimum absolute atomic E-state index is 0.0323. The first kappa shape index (κ1) is 14.2. The fourth-order valence-corrected chi connectivity index (χ4v) is 4.50. The van der Waals surface area contributed by atoms with E-state index in [4.69, 9.17) is 11.6 Å². The highest BCUT2D eigenvalue weighted by Crippen LogP contribution is 2.32. The molecule has 6 heteroatoms. The van der Waals surface area contributed by atoms with Gasteiger partial charge in [0.05, 0.1) is 11.2 Å². The Morgan fingerprint density at radius 2 is 2.23 bits per heavy atom. The van der Waals surface area contributed by atoms with Gasteiger partial charge in [-0.3, -0.25) is 4.79 Å². The third kappa shape index (κ3) is 2.53. The SMILES string of the molecule is O=C(NC1CC2CCC1N2)c1cnc(-c2ccccc2Cl)s1.